The van der Waals surface area contributed by atoms with Gasteiger partial charge in [0.1, 0.15) is 0 Å². The van der Waals surface area contributed by atoms with Crippen molar-refractivity contribution in [2.45, 2.75) is 6.92 Å². The van der Waals surface area contributed by atoms with Crippen LogP contribution < -0.4 is 19.9 Å². The van der Waals surface area contributed by atoms with Gasteiger partial charge in [0.05, 0.1) is 27.5 Å². The van der Waals surface area contributed by atoms with Gasteiger partial charge in [0, 0.05) is 18.1 Å². The lowest BCUT2D eigenvalue weighted by Crippen LogP contribution is -2.26. The van der Waals surface area contributed by atoms with E-state index >= 15 is 0 Å². The molecular weight excluding hydrogens is 376 g/mol. The van der Waals surface area contributed by atoms with E-state index in [1.807, 2.05) is 6.07 Å². The molecular formula is C20H20N4O5. The van der Waals surface area contributed by atoms with Crippen molar-refractivity contribution >= 4 is 12.1 Å². The van der Waals surface area contributed by atoms with Gasteiger partial charge in [-0.05, 0) is 12.1 Å². The number of methoxy groups -OCH3 is 3. The summed E-state index contributed by atoms with van der Waals surface area (Å²) in [5.74, 6) is 1.08. The molecule has 0 N–H and O–H groups in total. The SMILES string of the molecule is COc1cc(C=Nn2c(-c3ccccc3)nn(C(C)=O)c2=O)cc(OC)c1OC. The number of hydrogen-bond donors (Lipinski definition) is 0. The first-order valence-electron chi connectivity index (χ1n) is 8.63. The molecule has 2 aromatic carbocycles. The van der Waals surface area contributed by atoms with Crippen molar-refractivity contribution in [2.75, 3.05) is 21.3 Å². The standard InChI is InChI=1S/C20H20N4O5/c1-13(25)23-20(26)24(19(22-23)15-8-6-5-7-9-15)21-12-14-10-16(27-2)18(29-4)17(11-14)28-3/h5-12H,1-4H3. The molecule has 1 aromatic heterocycles. The van der Waals surface area contributed by atoms with E-state index in [0.717, 1.165) is 9.36 Å². The fourth-order valence-electron chi connectivity index (χ4n) is 2.74. The Morgan fingerprint density at radius 3 is 2.17 bits per heavy atom. The fourth-order valence-corrected chi connectivity index (χ4v) is 2.74. The lowest BCUT2D eigenvalue weighted by Gasteiger charge is -2.12. The van der Waals surface area contributed by atoms with Crippen LogP contribution in [0.2, 0.25) is 0 Å². The first kappa shape index (κ1) is 19.9. The molecule has 0 aliphatic carbocycles. The molecule has 0 saturated heterocycles. The van der Waals surface area contributed by atoms with Crippen LogP contribution >= 0.6 is 0 Å². The molecule has 0 bridgehead atoms. The molecule has 9 heteroatoms. The van der Waals surface area contributed by atoms with Gasteiger partial charge >= 0.3 is 5.69 Å². The Morgan fingerprint density at radius 2 is 1.66 bits per heavy atom. The molecule has 9 nitrogen and oxygen atoms in total. The Morgan fingerprint density at radius 1 is 1.03 bits per heavy atom. The Kier molecular flexibility index (Phi) is 5.77. The number of rotatable bonds is 6. The maximum atomic E-state index is 12.6. The molecule has 1 heterocycles. The van der Waals surface area contributed by atoms with Crippen LogP contribution in [-0.4, -0.2) is 47.9 Å². The molecule has 0 fully saturated rings. The molecule has 29 heavy (non-hydrogen) atoms. The number of aromatic nitrogens is 3. The molecule has 0 radical (unpaired) electrons. The minimum Gasteiger partial charge on any atom is -0.493 e. The van der Waals surface area contributed by atoms with E-state index in [4.69, 9.17) is 14.2 Å². The van der Waals surface area contributed by atoms with Crippen molar-refractivity contribution in [3.8, 4) is 28.6 Å². The highest BCUT2D eigenvalue weighted by molar-refractivity contribution is 5.82. The van der Waals surface area contributed by atoms with E-state index < -0.39 is 11.6 Å². The number of nitrogens with zero attached hydrogens (tertiary/aromatic N) is 4. The third kappa shape index (κ3) is 3.88. The summed E-state index contributed by atoms with van der Waals surface area (Å²) in [5.41, 5.74) is 0.577. The molecule has 0 spiro atoms. The van der Waals surface area contributed by atoms with E-state index in [2.05, 4.69) is 10.2 Å². The van der Waals surface area contributed by atoms with Gasteiger partial charge in [0.15, 0.2) is 17.3 Å². The predicted molar refractivity (Wildman–Crippen MR) is 107 cm³/mol. The van der Waals surface area contributed by atoms with Crippen LogP contribution in [-0.2, 0) is 0 Å². The van der Waals surface area contributed by atoms with E-state index in [0.29, 0.717) is 28.4 Å². The molecule has 3 rings (SSSR count). The summed E-state index contributed by atoms with van der Waals surface area (Å²) < 4.78 is 17.8. The average molecular weight is 396 g/mol. The molecule has 3 aromatic rings. The monoisotopic (exact) mass is 396 g/mol. The van der Waals surface area contributed by atoms with Crippen LogP contribution in [0.4, 0.5) is 0 Å². The van der Waals surface area contributed by atoms with Crippen molar-refractivity contribution < 1.29 is 19.0 Å². The lowest BCUT2D eigenvalue weighted by molar-refractivity contribution is 0.0916. The highest BCUT2D eigenvalue weighted by Crippen LogP contribution is 2.37. The number of carbonyl (C=O) groups is 1. The van der Waals surface area contributed by atoms with Gasteiger partial charge in [-0.3, -0.25) is 4.79 Å². The molecule has 0 aliphatic heterocycles. The number of hydrogen-bond acceptors (Lipinski definition) is 7. The summed E-state index contributed by atoms with van der Waals surface area (Å²) in [7, 11) is 4.52. The fraction of sp³-hybridized carbons (Fsp3) is 0.200. The lowest BCUT2D eigenvalue weighted by atomic mass is 10.2. The Bertz CT molecular complexity index is 1090. The first-order chi connectivity index (χ1) is 14.0. The molecule has 0 unspecified atom stereocenters. The Labute approximate surface area is 166 Å². The molecule has 0 atom stereocenters. The van der Waals surface area contributed by atoms with Crippen LogP contribution in [0.25, 0.3) is 11.4 Å². The quantitative estimate of drug-likeness (QED) is 0.593. The van der Waals surface area contributed by atoms with Crippen LogP contribution in [0.5, 0.6) is 17.2 Å². The zero-order chi connectivity index (χ0) is 21.0. The Hall–Kier alpha value is -3.88. The number of benzene rings is 2. The summed E-state index contributed by atoms with van der Waals surface area (Å²) in [6.07, 6.45) is 1.45. The number of carbonyl (C=O) groups excluding carboxylic acids is 1. The minimum absolute atomic E-state index is 0.245. The van der Waals surface area contributed by atoms with E-state index in [1.54, 1.807) is 36.4 Å². The van der Waals surface area contributed by atoms with Gasteiger partial charge in [-0.25, -0.2) is 4.79 Å². The van der Waals surface area contributed by atoms with Gasteiger partial charge in [-0.15, -0.1) is 9.78 Å². The third-order valence-electron chi connectivity index (χ3n) is 4.10. The molecule has 0 aliphatic rings. The maximum absolute atomic E-state index is 12.6. The molecule has 0 saturated carbocycles. The van der Waals surface area contributed by atoms with Crippen LogP contribution in [0.3, 0.4) is 0 Å². The highest BCUT2D eigenvalue weighted by Gasteiger charge is 2.17. The summed E-state index contributed by atoms with van der Waals surface area (Å²) in [6, 6.07) is 12.4. The number of ether oxygens (including phenoxy) is 3. The van der Waals surface area contributed by atoms with Gasteiger partial charge < -0.3 is 14.2 Å². The van der Waals surface area contributed by atoms with Crippen molar-refractivity contribution in [3.63, 3.8) is 0 Å². The van der Waals surface area contributed by atoms with Gasteiger partial charge in [-0.1, -0.05) is 30.3 Å². The summed E-state index contributed by atoms with van der Waals surface area (Å²) in [5, 5.41) is 8.37. The minimum atomic E-state index is -0.667. The van der Waals surface area contributed by atoms with Crippen LogP contribution in [0, 0.1) is 0 Å². The summed E-state index contributed by atoms with van der Waals surface area (Å²) >= 11 is 0. The summed E-state index contributed by atoms with van der Waals surface area (Å²) in [4.78, 5) is 24.4. The van der Waals surface area contributed by atoms with Gasteiger partial charge in [0.25, 0.3) is 0 Å². The van der Waals surface area contributed by atoms with Crippen molar-refractivity contribution in [3.05, 3.63) is 58.5 Å². The normalized spacial score (nSPS) is 10.9. The average Bonchev–Trinajstić information content (AvgIpc) is 3.08. The molecule has 0 amide bonds. The maximum Gasteiger partial charge on any atom is 0.374 e. The topological polar surface area (TPSA) is 96.9 Å². The zero-order valence-corrected chi connectivity index (χ0v) is 16.4. The highest BCUT2D eigenvalue weighted by atomic mass is 16.5. The van der Waals surface area contributed by atoms with Gasteiger partial charge in [-0.2, -0.15) is 9.78 Å². The van der Waals surface area contributed by atoms with Crippen molar-refractivity contribution in [1.82, 2.24) is 14.5 Å². The largest absolute Gasteiger partial charge is 0.493 e. The van der Waals surface area contributed by atoms with Crippen molar-refractivity contribution in [2.24, 2.45) is 5.10 Å². The van der Waals surface area contributed by atoms with E-state index in [9.17, 15) is 9.59 Å². The second kappa shape index (κ2) is 8.42. The zero-order valence-electron chi connectivity index (χ0n) is 16.4. The Balaban J connectivity index is 2.12. The first-order valence-corrected chi connectivity index (χ1v) is 8.63. The molecule has 150 valence electrons. The third-order valence-corrected chi connectivity index (χ3v) is 4.10. The van der Waals surface area contributed by atoms with Crippen LogP contribution in [0.1, 0.15) is 17.3 Å². The van der Waals surface area contributed by atoms with Crippen molar-refractivity contribution in [1.29, 1.82) is 0 Å². The second-order valence-corrected chi connectivity index (χ2v) is 5.92. The van der Waals surface area contributed by atoms with Gasteiger partial charge in [0.2, 0.25) is 11.7 Å². The van der Waals surface area contributed by atoms with Crippen LogP contribution in [0.15, 0.2) is 52.4 Å². The van der Waals surface area contributed by atoms with E-state index in [-0.39, 0.29) is 5.82 Å². The predicted octanol–water partition coefficient (Wildman–Crippen LogP) is 2.28. The van der Waals surface area contributed by atoms with E-state index in [1.165, 1.54) is 34.5 Å². The smallest absolute Gasteiger partial charge is 0.374 e. The summed E-state index contributed by atoms with van der Waals surface area (Å²) in [6.45, 7) is 1.26. The second-order valence-electron chi connectivity index (χ2n) is 5.92.